The van der Waals surface area contributed by atoms with Crippen molar-refractivity contribution >= 4 is 0 Å². The highest BCUT2D eigenvalue weighted by atomic mass is 16.5. The number of nitrogens with one attached hydrogen (secondary N) is 1. The van der Waals surface area contributed by atoms with E-state index in [2.05, 4.69) is 17.4 Å². The predicted molar refractivity (Wildman–Crippen MR) is 95.9 cm³/mol. The number of ether oxygens (including phenoxy) is 1. The highest BCUT2D eigenvalue weighted by molar-refractivity contribution is 5.37. The molecule has 0 aliphatic heterocycles. The normalized spacial score (nSPS) is 15.5. The average molecular weight is 309 g/mol. The summed E-state index contributed by atoms with van der Waals surface area (Å²) >= 11 is 0. The number of para-hydroxylation sites is 2. The lowest BCUT2D eigenvalue weighted by Crippen LogP contribution is -2.19. The minimum absolute atomic E-state index is 0.871. The quantitative estimate of drug-likeness (QED) is 0.678. The molecule has 2 aromatic rings. The summed E-state index contributed by atoms with van der Waals surface area (Å²) in [5.74, 6) is 2.78. The minimum Gasteiger partial charge on any atom is -0.457 e. The van der Waals surface area contributed by atoms with Crippen molar-refractivity contribution < 1.29 is 4.74 Å². The van der Waals surface area contributed by atoms with Gasteiger partial charge in [0.1, 0.15) is 11.5 Å². The molecule has 122 valence electrons. The first-order chi connectivity index (χ1) is 11.4. The van der Waals surface area contributed by atoms with E-state index in [1.165, 1.54) is 44.1 Å². The second-order valence-electron chi connectivity index (χ2n) is 6.49. The van der Waals surface area contributed by atoms with Crippen molar-refractivity contribution in [3.63, 3.8) is 0 Å². The van der Waals surface area contributed by atoms with Crippen molar-refractivity contribution in [1.82, 2.24) is 5.32 Å². The van der Waals surface area contributed by atoms with Crippen LogP contribution in [0.15, 0.2) is 54.6 Å². The lowest BCUT2D eigenvalue weighted by atomic mass is 9.87. The van der Waals surface area contributed by atoms with Crippen LogP contribution >= 0.6 is 0 Å². The summed E-state index contributed by atoms with van der Waals surface area (Å²) in [6.45, 7) is 1.97. The largest absolute Gasteiger partial charge is 0.457 e. The maximum atomic E-state index is 6.02. The van der Waals surface area contributed by atoms with Crippen LogP contribution in [0.25, 0.3) is 0 Å². The third-order valence-electron chi connectivity index (χ3n) is 4.71. The molecule has 1 aliphatic carbocycles. The highest BCUT2D eigenvalue weighted by Gasteiger charge is 2.12. The van der Waals surface area contributed by atoms with Gasteiger partial charge in [0.2, 0.25) is 0 Å². The summed E-state index contributed by atoms with van der Waals surface area (Å²) < 4.78 is 6.02. The molecule has 0 bridgehead atoms. The summed E-state index contributed by atoms with van der Waals surface area (Å²) in [6, 6.07) is 18.3. The fraction of sp³-hybridized carbons (Fsp3) is 0.429. The lowest BCUT2D eigenvalue weighted by molar-refractivity contribution is 0.333. The third-order valence-corrected chi connectivity index (χ3v) is 4.71. The molecule has 1 N–H and O–H groups in total. The number of hydrogen-bond acceptors (Lipinski definition) is 2. The Bertz CT molecular complexity index is 575. The number of rotatable bonds is 7. The van der Waals surface area contributed by atoms with E-state index in [1.54, 1.807) is 0 Å². The van der Waals surface area contributed by atoms with Crippen molar-refractivity contribution in [2.24, 2.45) is 5.92 Å². The van der Waals surface area contributed by atoms with Crippen molar-refractivity contribution in [2.45, 2.75) is 45.1 Å². The first kappa shape index (κ1) is 16.1. The van der Waals surface area contributed by atoms with Crippen LogP contribution in [0.4, 0.5) is 0 Å². The van der Waals surface area contributed by atoms with Gasteiger partial charge in [-0.15, -0.1) is 0 Å². The Morgan fingerprint density at radius 3 is 2.43 bits per heavy atom. The van der Waals surface area contributed by atoms with Crippen LogP contribution < -0.4 is 10.1 Å². The van der Waals surface area contributed by atoms with Crippen molar-refractivity contribution in [3.05, 3.63) is 60.2 Å². The summed E-state index contributed by atoms with van der Waals surface area (Å²) in [4.78, 5) is 0. The first-order valence-electron chi connectivity index (χ1n) is 8.93. The molecule has 0 aromatic heterocycles. The van der Waals surface area contributed by atoms with Crippen LogP contribution in [-0.2, 0) is 6.54 Å². The van der Waals surface area contributed by atoms with Gasteiger partial charge in [-0.05, 0) is 37.1 Å². The number of benzene rings is 2. The summed E-state index contributed by atoms with van der Waals surface area (Å²) in [5, 5.41) is 3.60. The predicted octanol–water partition coefficient (Wildman–Crippen LogP) is 5.54. The van der Waals surface area contributed by atoms with Crippen LogP contribution in [0.2, 0.25) is 0 Å². The van der Waals surface area contributed by atoms with Gasteiger partial charge in [-0.3, -0.25) is 0 Å². The fourth-order valence-corrected chi connectivity index (χ4v) is 3.37. The topological polar surface area (TPSA) is 21.3 Å². The molecule has 3 rings (SSSR count). The van der Waals surface area contributed by atoms with Gasteiger partial charge in [0, 0.05) is 12.1 Å². The molecule has 2 nitrogen and oxygen atoms in total. The van der Waals surface area contributed by atoms with Crippen LogP contribution in [-0.4, -0.2) is 6.54 Å². The van der Waals surface area contributed by atoms with E-state index in [1.807, 2.05) is 42.5 Å². The molecule has 1 fully saturated rings. The van der Waals surface area contributed by atoms with Crippen molar-refractivity contribution in [3.8, 4) is 11.5 Å². The Balaban J connectivity index is 1.49. The molecule has 0 atom stereocenters. The minimum atomic E-state index is 0.871. The zero-order chi connectivity index (χ0) is 15.7. The molecular formula is C21H27NO. The Hall–Kier alpha value is -1.80. The van der Waals surface area contributed by atoms with Crippen LogP contribution in [0, 0.1) is 5.92 Å². The molecule has 2 heteroatoms. The molecule has 23 heavy (non-hydrogen) atoms. The molecule has 0 saturated heterocycles. The lowest BCUT2D eigenvalue weighted by Gasteiger charge is -2.21. The third kappa shape index (κ3) is 5.11. The molecule has 0 unspecified atom stereocenters. The molecule has 1 saturated carbocycles. The zero-order valence-corrected chi connectivity index (χ0v) is 13.8. The van der Waals surface area contributed by atoms with Gasteiger partial charge in [0.15, 0.2) is 0 Å². The molecule has 0 amide bonds. The molecule has 2 aromatic carbocycles. The van der Waals surface area contributed by atoms with Crippen molar-refractivity contribution in [1.29, 1.82) is 0 Å². The Morgan fingerprint density at radius 1 is 0.870 bits per heavy atom. The maximum Gasteiger partial charge on any atom is 0.131 e. The Kier molecular flexibility index (Phi) is 6.10. The second-order valence-corrected chi connectivity index (χ2v) is 6.49. The molecule has 0 radical (unpaired) electrons. The maximum absolute atomic E-state index is 6.02. The SMILES string of the molecule is c1ccc(Oc2ccccc2CNCCC2CCCCC2)cc1. The van der Waals surface area contributed by atoms with E-state index in [0.29, 0.717) is 0 Å². The highest BCUT2D eigenvalue weighted by Crippen LogP contribution is 2.27. The van der Waals surface area contributed by atoms with E-state index in [9.17, 15) is 0 Å². The van der Waals surface area contributed by atoms with Crippen LogP contribution in [0.1, 0.15) is 44.1 Å². The summed E-state index contributed by atoms with van der Waals surface area (Å²) in [5.41, 5.74) is 1.22. The van der Waals surface area contributed by atoms with E-state index in [-0.39, 0.29) is 0 Å². The van der Waals surface area contributed by atoms with Gasteiger partial charge < -0.3 is 10.1 Å². The van der Waals surface area contributed by atoms with Crippen LogP contribution in [0.5, 0.6) is 11.5 Å². The van der Waals surface area contributed by atoms with E-state index < -0.39 is 0 Å². The smallest absolute Gasteiger partial charge is 0.131 e. The van der Waals surface area contributed by atoms with Gasteiger partial charge in [0.05, 0.1) is 0 Å². The molecular weight excluding hydrogens is 282 g/mol. The molecule has 1 aliphatic rings. The Morgan fingerprint density at radius 2 is 1.61 bits per heavy atom. The van der Waals surface area contributed by atoms with Gasteiger partial charge in [-0.25, -0.2) is 0 Å². The van der Waals surface area contributed by atoms with Crippen molar-refractivity contribution in [2.75, 3.05) is 6.54 Å². The van der Waals surface area contributed by atoms with E-state index in [4.69, 9.17) is 4.74 Å². The first-order valence-corrected chi connectivity index (χ1v) is 8.93. The summed E-state index contributed by atoms with van der Waals surface area (Å²) in [6.07, 6.45) is 8.46. The standard InChI is InChI=1S/C21H27NO/c1-3-9-18(10-4-1)15-16-22-17-19-11-7-8-14-21(19)23-20-12-5-2-6-13-20/h2,5-8,11-14,18,22H,1,3-4,9-10,15-17H2. The zero-order valence-electron chi connectivity index (χ0n) is 13.8. The van der Waals surface area contributed by atoms with E-state index in [0.717, 1.165) is 30.5 Å². The van der Waals surface area contributed by atoms with Gasteiger partial charge in [0.25, 0.3) is 0 Å². The summed E-state index contributed by atoms with van der Waals surface area (Å²) in [7, 11) is 0. The monoisotopic (exact) mass is 309 g/mol. The molecule has 0 heterocycles. The molecule has 0 spiro atoms. The van der Waals surface area contributed by atoms with Gasteiger partial charge in [-0.1, -0.05) is 68.5 Å². The second kappa shape index (κ2) is 8.73. The van der Waals surface area contributed by atoms with Gasteiger partial charge >= 0.3 is 0 Å². The Labute approximate surface area is 139 Å². The van der Waals surface area contributed by atoms with E-state index >= 15 is 0 Å². The van der Waals surface area contributed by atoms with Gasteiger partial charge in [-0.2, -0.15) is 0 Å². The number of hydrogen-bond donors (Lipinski definition) is 1. The average Bonchev–Trinajstić information content (AvgIpc) is 2.62. The van der Waals surface area contributed by atoms with Crippen LogP contribution in [0.3, 0.4) is 0 Å². The fourth-order valence-electron chi connectivity index (χ4n) is 3.37.